The van der Waals surface area contributed by atoms with E-state index in [2.05, 4.69) is 5.10 Å². The van der Waals surface area contributed by atoms with E-state index in [0.29, 0.717) is 49.7 Å². The summed E-state index contributed by atoms with van der Waals surface area (Å²) in [6, 6.07) is 15.3. The Balaban J connectivity index is 1.42. The zero-order chi connectivity index (χ0) is 21.8. The molecule has 8 heteroatoms. The predicted molar refractivity (Wildman–Crippen MR) is 116 cm³/mol. The highest BCUT2D eigenvalue weighted by Gasteiger charge is 2.26. The molecule has 1 aromatic heterocycles. The number of amides is 2. The molecule has 2 heterocycles. The standard InChI is InChI=1S/C23H22ClFN4O2/c24-20-16-29(15-17-5-2-1-3-6-17)26-21(20)23(31)28-12-4-11-27(13-14-28)22(30)18-7-9-19(25)10-8-18/h1-3,5-10,16H,4,11-15H2. The number of halogens is 2. The van der Waals surface area contributed by atoms with Crippen molar-refractivity contribution >= 4 is 23.4 Å². The Labute approximate surface area is 184 Å². The first-order chi connectivity index (χ1) is 15.0. The molecule has 31 heavy (non-hydrogen) atoms. The van der Waals surface area contributed by atoms with Gasteiger partial charge in [-0.2, -0.15) is 5.10 Å². The van der Waals surface area contributed by atoms with E-state index >= 15 is 0 Å². The van der Waals surface area contributed by atoms with Crippen LogP contribution in [0.5, 0.6) is 0 Å². The summed E-state index contributed by atoms with van der Waals surface area (Å²) in [5.74, 6) is -0.792. The molecule has 0 bridgehead atoms. The molecular weight excluding hydrogens is 419 g/mol. The van der Waals surface area contributed by atoms with Gasteiger partial charge >= 0.3 is 0 Å². The maximum atomic E-state index is 13.1. The quantitative estimate of drug-likeness (QED) is 0.621. The van der Waals surface area contributed by atoms with Gasteiger partial charge in [-0.25, -0.2) is 4.39 Å². The number of aromatic nitrogens is 2. The van der Waals surface area contributed by atoms with Crippen LogP contribution in [0.3, 0.4) is 0 Å². The second-order valence-corrected chi connectivity index (χ2v) is 7.86. The minimum absolute atomic E-state index is 0.167. The fourth-order valence-corrected chi connectivity index (χ4v) is 3.87. The first kappa shape index (κ1) is 21.1. The Morgan fingerprint density at radius 3 is 2.23 bits per heavy atom. The molecule has 160 valence electrons. The van der Waals surface area contributed by atoms with E-state index in [1.807, 2.05) is 30.3 Å². The summed E-state index contributed by atoms with van der Waals surface area (Å²) in [4.78, 5) is 29.1. The Bertz CT molecular complexity index is 1070. The molecule has 6 nitrogen and oxygen atoms in total. The molecule has 2 amide bonds. The summed E-state index contributed by atoms with van der Waals surface area (Å²) in [7, 11) is 0. The van der Waals surface area contributed by atoms with Gasteiger partial charge in [0.25, 0.3) is 11.8 Å². The number of nitrogens with zero attached hydrogens (tertiary/aromatic N) is 4. The van der Waals surface area contributed by atoms with Gasteiger partial charge in [-0.3, -0.25) is 14.3 Å². The number of hydrogen-bond donors (Lipinski definition) is 0. The smallest absolute Gasteiger partial charge is 0.275 e. The topological polar surface area (TPSA) is 58.4 Å². The molecule has 1 fully saturated rings. The van der Waals surface area contributed by atoms with Gasteiger partial charge in [-0.05, 0) is 36.2 Å². The van der Waals surface area contributed by atoms with Crippen molar-refractivity contribution in [2.45, 2.75) is 13.0 Å². The van der Waals surface area contributed by atoms with Crippen LogP contribution in [-0.4, -0.2) is 57.6 Å². The maximum absolute atomic E-state index is 13.1. The van der Waals surface area contributed by atoms with Crippen LogP contribution in [0.1, 0.15) is 32.8 Å². The maximum Gasteiger partial charge on any atom is 0.275 e. The van der Waals surface area contributed by atoms with Gasteiger partial charge in [0.1, 0.15) is 5.82 Å². The van der Waals surface area contributed by atoms with E-state index in [1.165, 1.54) is 24.3 Å². The second-order valence-electron chi connectivity index (χ2n) is 7.45. The van der Waals surface area contributed by atoms with E-state index in [1.54, 1.807) is 20.7 Å². The molecule has 0 radical (unpaired) electrons. The molecule has 1 saturated heterocycles. The normalized spacial score (nSPS) is 14.4. The zero-order valence-corrected chi connectivity index (χ0v) is 17.6. The lowest BCUT2D eigenvalue weighted by Gasteiger charge is -2.22. The summed E-state index contributed by atoms with van der Waals surface area (Å²) >= 11 is 6.31. The average Bonchev–Trinajstić information content (AvgIpc) is 2.98. The van der Waals surface area contributed by atoms with Crippen LogP contribution >= 0.6 is 11.6 Å². The van der Waals surface area contributed by atoms with Crippen LogP contribution in [0.15, 0.2) is 60.8 Å². The average molecular weight is 441 g/mol. The van der Waals surface area contributed by atoms with Gasteiger partial charge in [0, 0.05) is 37.9 Å². The summed E-state index contributed by atoms with van der Waals surface area (Å²) in [5, 5.41) is 4.71. The Hall–Kier alpha value is -3.19. The minimum atomic E-state index is -0.382. The van der Waals surface area contributed by atoms with Crippen LogP contribution in [0.2, 0.25) is 5.02 Å². The fourth-order valence-electron chi connectivity index (χ4n) is 3.64. The van der Waals surface area contributed by atoms with Crippen LogP contribution in [0, 0.1) is 5.82 Å². The molecule has 1 aliphatic heterocycles. The van der Waals surface area contributed by atoms with E-state index in [0.717, 1.165) is 5.56 Å². The van der Waals surface area contributed by atoms with Gasteiger partial charge in [-0.1, -0.05) is 41.9 Å². The van der Waals surface area contributed by atoms with E-state index in [9.17, 15) is 14.0 Å². The molecule has 0 aliphatic carbocycles. The summed E-state index contributed by atoms with van der Waals surface area (Å²) in [5.41, 5.74) is 1.71. The van der Waals surface area contributed by atoms with Crippen molar-refractivity contribution < 1.29 is 14.0 Å². The van der Waals surface area contributed by atoms with Crippen molar-refractivity contribution in [3.05, 3.63) is 88.5 Å². The van der Waals surface area contributed by atoms with Gasteiger partial charge in [0.05, 0.1) is 11.6 Å². The molecule has 0 spiro atoms. The SMILES string of the molecule is O=C(c1ccc(F)cc1)N1CCCN(C(=O)c2nn(Cc3ccccc3)cc2Cl)CC1. The van der Waals surface area contributed by atoms with E-state index in [4.69, 9.17) is 11.6 Å². The highest BCUT2D eigenvalue weighted by atomic mass is 35.5. The first-order valence-corrected chi connectivity index (χ1v) is 10.5. The minimum Gasteiger partial charge on any atom is -0.337 e. The van der Waals surface area contributed by atoms with Gasteiger partial charge in [0.2, 0.25) is 0 Å². The summed E-state index contributed by atoms with van der Waals surface area (Å²) < 4.78 is 14.8. The van der Waals surface area contributed by atoms with Crippen LogP contribution < -0.4 is 0 Å². The highest BCUT2D eigenvalue weighted by Crippen LogP contribution is 2.19. The monoisotopic (exact) mass is 440 g/mol. The highest BCUT2D eigenvalue weighted by molar-refractivity contribution is 6.33. The predicted octanol–water partition coefficient (Wildman–Crippen LogP) is 3.71. The molecule has 3 aromatic rings. The number of carbonyl (C=O) groups is 2. The molecule has 0 atom stereocenters. The molecular formula is C23H22ClFN4O2. The zero-order valence-electron chi connectivity index (χ0n) is 16.9. The third-order valence-electron chi connectivity index (χ3n) is 5.27. The van der Waals surface area contributed by atoms with Crippen molar-refractivity contribution in [2.75, 3.05) is 26.2 Å². The first-order valence-electron chi connectivity index (χ1n) is 10.1. The number of carbonyl (C=O) groups excluding carboxylic acids is 2. The number of benzene rings is 2. The Morgan fingerprint density at radius 2 is 1.55 bits per heavy atom. The fraction of sp³-hybridized carbons (Fsp3) is 0.261. The molecule has 4 rings (SSSR count). The second kappa shape index (κ2) is 9.31. The van der Waals surface area contributed by atoms with Crippen LogP contribution in [0.25, 0.3) is 0 Å². The van der Waals surface area contributed by atoms with Crippen molar-refractivity contribution in [3.63, 3.8) is 0 Å². The van der Waals surface area contributed by atoms with Gasteiger partial charge in [-0.15, -0.1) is 0 Å². The van der Waals surface area contributed by atoms with Gasteiger partial charge in [0.15, 0.2) is 5.69 Å². The van der Waals surface area contributed by atoms with Gasteiger partial charge < -0.3 is 9.80 Å². The summed E-state index contributed by atoms with van der Waals surface area (Å²) in [6.07, 6.45) is 2.30. The molecule has 0 saturated carbocycles. The molecule has 2 aromatic carbocycles. The third kappa shape index (κ3) is 4.94. The van der Waals surface area contributed by atoms with E-state index < -0.39 is 0 Å². The molecule has 0 unspecified atom stereocenters. The third-order valence-corrected chi connectivity index (χ3v) is 5.55. The Kier molecular flexibility index (Phi) is 6.32. The lowest BCUT2D eigenvalue weighted by Crippen LogP contribution is -2.37. The van der Waals surface area contributed by atoms with Crippen molar-refractivity contribution in [1.29, 1.82) is 0 Å². The number of hydrogen-bond acceptors (Lipinski definition) is 3. The van der Waals surface area contributed by atoms with Crippen molar-refractivity contribution in [1.82, 2.24) is 19.6 Å². The van der Waals surface area contributed by atoms with Crippen molar-refractivity contribution in [2.24, 2.45) is 0 Å². The molecule has 0 N–H and O–H groups in total. The largest absolute Gasteiger partial charge is 0.337 e. The van der Waals surface area contributed by atoms with E-state index in [-0.39, 0.29) is 23.3 Å². The van der Waals surface area contributed by atoms with Crippen LogP contribution in [0.4, 0.5) is 4.39 Å². The van der Waals surface area contributed by atoms with Crippen molar-refractivity contribution in [3.8, 4) is 0 Å². The summed E-state index contributed by atoms with van der Waals surface area (Å²) in [6.45, 7) is 2.33. The number of rotatable bonds is 4. The van der Waals surface area contributed by atoms with Crippen LogP contribution in [-0.2, 0) is 6.54 Å². The Morgan fingerprint density at radius 1 is 0.903 bits per heavy atom. The lowest BCUT2D eigenvalue weighted by molar-refractivity contribution is 0.0715. The lowest BCUT2D eigenvalue weighted by atomic mass is 10.2. The molecule has 1 aliphatic rings.